The molecule has 1 aromatic carbocycles. The molecule has 0 saturated carbocycles. The summed E-state index contributed by atoms with van der Waals surface area (Å²) >= 11 is 0. The molecule has 22 heavy (non-hydrogen) atoms. The van der Waals surface area contributed by atoms with Gasteiger partial charge in [-0.25, -0.2) is 0 Å². The van der Waals surface area contributed by atoms with Crippen molar-refractivity contribution in [2.75, 3.05) is 13.2 Å². The van der Waals surface area contributed by atoms with E-state index in [1.165, 1.54) is 0 Å². The van der Waals surface area contributed by atoms with Gasteiger partial charge in [0, 0.05) is 18.7 Å². The van der Waals surface area contributed by atoms with E-state index in [1.54, 1.807) is 6.92 Å². The van der Waals surface area contributed by atoms with Gasteiger partial charge >= 0.3 is 0 Å². The molecule has 0 radical (unpaired) electrons. The summed E-state index contributed by atoms with van der Waals surface area (Å²) in [6.07, 6.45) is 0. The van der Waals surface area contributed by atoms with E-state index in [1.807, 2.05) is 51.1 Å². The molecule has 1 unspecified atom stereocenters. The van der Waals surface area contributed by atoms with Crippen molar-refractivity contribution in [1.29, 1.82) is 0 Å². The van der Waals surface area contributed by atoms with Gasteiger partial charge in [0.2, 0.25) is 0 Å². The number of hydrogen-bond acceptors (Lipinski definition) is 4. The molecule has 1 heterocycles. The first-order valence-electron chi connectivity index (χ1n) is 7.64. The van der Waals surface area contributed by atoms with E-state index < -0.39 is 5.60 Å². The summed E-state index contributed by atoms with van der Waals surface area (Å²) in [6, 6.07) is 9.87. The molecule has 4 heteroatoms. The molecule has 0 spiro atoms. The number of benzene rings is 1. The minimum absolute atomic E-state index is 0.450. The highest BCUT2D eigenvalue weighted by Gasteiger charge is 2.27. The summed E-state index contributed by atoms with van der Waals surface area (Å²) in [5.74, 6) is 2.45. The van der Waals surface area contributed by atoms with Gasteiger partial charge in [0.1, 0.15) is 22.9 Å². The summed E-state index contributed by atoms with van der Waals surface area (Å²) in [7, 11) is 0. The van der Waals surface area contributed by atoms with Crippen molar-refractivity contribution in [3.63, 3.8) is 0 Å². The van der Waals surface area contributed by atoms with Crippen molar-refractivity contribution >= 4 is 0 Å². The van der Waals surface area contributed by atoms with Gasteiger partial charge in [0.15, 0.2) is 0 Å². The monoisotopic (exact) mass is 303 g/mol. The molecule has 0 aliphatic rings. The SMILES string of the molecule is CCOc1cccc(CNCC(C)(O)c2cc(C)oc2C)c1. The highest BCUT2D eigenvalue weighted by atomic mass is 16.5. The van der Waals surface area contributed by atoms with Crippen LogP contribution >= 0.6 is 0 Å². The fourth-order valence-corrected chi connectivity index (χ4v) is 2.62. The number of hydrogen-bond donors (Lipinski definition) is 2. The van der Waals surface area contributed by atoms with Crippen LogP contribution in [0.25, 0.3) is 0 Å². The van der Waals surface area contributed by atoms with E-state index in [9.17, 15) is 5.11 Å². The zero-order valence-corrected chi connectivity index (χ0v) is 13.8. The second-order valence-corrected chi connectivity index (χ2v) is 5.78. The third-order valence-electron chi connectivity index (χ3n) is 3.63. The topological polar surface area (TPSA) is 54.6 Å². The lowest BCUT2D eigenvalue weighted by Gasteiger charge is -2.23. The fourth-order valence-electron chi connectivity index (χ4n) is 2.62. The van der Waals surface area contributed by atoms with Crippen LogP contribution in [0.2, 0.25) is 0 Å². The summed E-state index contributed by atoms with van der Waals surface area (Å²) in [4.78, 5) is 0. The van der Waals surface area contributed by atoms with Crippen LogP contribution in [0.15, 0.2) is 34.7 Å². The Morgan fingerprint density at radius 1 is 1.27 bits per heavy atom. The molecule has 1 atom stereocenters. The Morgan fingerprint density at radius 2 is 2.05 bits per heavy atom. The Morgan fingerprint density at radius 3 is 2.68 bits per heavy atom. The van der Waals surface area contributed by atoms with Crippen molar-refractivity contribution < 1.29 is 14.3 Å². The number of nitrogens with one attached hydrogen (secondary N) is 1. The van der Waals surface area contributed by atoms with E-state index in [-0.39, 0.29) is 0 Å². The molecular formula is C18H25NO3. The quantitative estimate of drug-likeness (QED) is 0.824. The van der Waals surface area contributed by atoms with Crippen molar-refractivity contribution in [1.82, 2.24) is 5.32 Å². The molecule has 0 aliphatic carbocycles. The van der Waals surface area contributed by atoms with Gasteiger partial charge in [-0.1, -0.05) is 12.1 Å². The molecule has 0 bridgehead atoms. The standard InChI is InChI=1S/C18H25NO3/c1-5-21-16-8-6-7-15(10-16)11-19-12-18(4,20)17-9-13(2)22-14(17)3/h6-10,19-20H,5,11-12H2,1-4H3. The molecule has 120 valence electrons. The van der Waals surface area contributed by atoms with Gasteiger partial charge in [-0.15, -0.1) is 0 Å². The van der Waals surface area contributed by atoms with E-state index >= 15 is 0 Å². The zero-order chi connectivity index (χ0) is 16.2. The van der Waals surface area contributed by atoms with Crippen molar-refractivity contribution in [3.8, 4) is 5.75 Å². The predicted molar refractivity (Wildman–Crippen MR) is 87.1 cm³/mol. The Labute approximate surface area is 132 Å². The molecule has 0 aliphatic heterocycles. The van der Waals surface area contributed by atoms with E-state index in [0.717, 1.165) is 28.4 Å². The second kappa shape index (κ2) is 6.99. The maximum absolute atomic E-state index is 10.6. The maximum atomic E-state index is 10.6. The molecule has 0 fully saturated rings. The molecule has 2 rings (SSSR count). The Balaban J connectivity index is 1.95. The number of rotatable bonds is 7. The van der Waals surface area contributed by atoms with Crippen LogP contribution in [0.5, 0.6) is 5.75 Å². The molecule has 1 aromatic heterocycles. The zero-order valence-electron chi connectivity index (χ0n) is 13.8. The van der Waals surface area contributed by atoms with Crippen molar-refractivity contribution in [2.24, 2.45) is 0 Å². The number of ether oxygens (including phenoxy) is 1. The third kappa shape index (κ3) is 4.12. The van der Waals surface area contributed by atoms with Crippen LogP contribution < -0.4 is 10.1 Å². The van der Waals surface area contributed by atoms with Gasteiger partial charge in [-0.3, -0.25) is 0 Å². The lowest BCUT2D eigenvalue weighted by molar-refractivity contribution is 0.0552. The molecular weight excluding hydrogens is 278 g/mol. The highest BCUT2D eigenvalue weighted by molar-refractivity contribution is 5.29. The van der Waals surface area contributed by atoms with Crippen molar-refractivity contribution in [2.45, 2.75) is 39.8 Å². The van der Waals surface area contributed by atoms with E-state index in [0.29, 0.717) is 19.7 Å². The molecule has 4 nitrogen and oxygen atoms in total. The second-order valence-electron chi connectivity index (χ2n) is 5.78. The maximum Gasteiger partial charge on any atom is 0.119 e. The van der Waals surface area contributed by atoms with Crippen LogP contribution in [0, 0.1) is 13.8 Å². The van der Waals surface area contributed by atoms with E-state index in [2.05, 4.69) is 5.32 Å². The van der Waals surface area contributed by atoms with Crippen molar-refractivity contribution in [3.05, 3.63) is 53.0 Å². The smallest absolute Gasteiger partial charge is 0.119 e. The Hall–Kier alpha value is -1.78. The molecule has 2 N–H and O–H groups in total. The highest BCUT2D eigenvalue weighted by Crippen LogP contribution is 2.26. The van der Waals surface area contributed by atoms with Crippen LogP contribution in [0.1, 0.15) is 36.5 Å². The first-order chi connectivity index (χ1) is 10.4. The average molecular weight is 303 g/mol. The normalized spacial score (nSPS) is 13.9. The predicted octanol–water partition coefficient (Wildman–Crippen LogP) is 3.29. The third-order valence-corrected chi connectivity index (χ3v) is 3.63. The molecule has 0 saturated heterocycles. The lowest BCUT2D eigenvalue weighted by atomic mass is 9.96. The fraction of sp³-hybridized carbons (Fsp3) is 0.444. The lowest BCUT2D eigenvalue weighted by Crippen LogP contribution is -2.35. The van der Waals surface area contributed by atoms with Crippen LogP contribution in [0.3, 0.4) is 0 Å². The summed E-state index contributed by atoms with van der Waals surface area (Å²) in [5, 5.41) is 13.9. The molecule has 0 amide bonds. The van der Waals surface area contributed by atoms with Gasteiger partial charge in [0.05, 0.1) is 6.61 Å². The summed E-state index contributed by atoms with van der Waals surface area (Å²) in [6.45, 7) is 9.32. The number of aliphatic hydroxyl groups is 1. The van der Waals surface area contributed by atoms with Crippen LogP contribution in [0.4, 0.5) is 0 Å². The van der Waals surface area contributed by atoms with E-state index in [4.69, 9.17) is 9.15 Å². The number of furan rings is 1. The summed E-state index contributed by atoms with van der Waals surface area (Å²) < 4.78 is 11.0. The summed E-state index contributed by atoms with van der Waals surface area (Å²) in [5.41, 5.74) is 1.00. The first-order valence-corrected chi connectivity index (χ1v) is 7.64. The largest absolute Gasteiger partial charge is 0.494 e. The van der Waals surface area contributed by atoms with Gasteiger partial charge in [0.25, 0.3) is 0 Å². The van der Waals surface area contributed by atoms with Crippen LogP contribution in [-0.4, -0.2) is 18.3 Å². The molecule has 2 aromatic rings. The average Bonchev–Trinajstić information content (AvgIpc) is 2.79. The Bertz CT molecular complexity index is 617. The van der Waals surface area contributed by atoms with Gasteiger partial charge < -0.3 is 19.6 Å². The Kier molecular flexibility index (Phi) is 5.27. The minimum Gasteiger partial charge on any atom is -0.494 e. The van der Waals surface area contributed by atoms with Gasteiger partial charge in [-0.05, 0) is 51.5 Å². The number of aryl methyl sites for hydroxylation is 2. The van der Waals surface area contributed by atoms with Crippen LogP contribution in [-0.2, 0) is 12.1 Å². The minimum atomic E-state index is -0.959. The van der Waals surface area contributed by atoms with Gasteiger partial charge in [-0.2, -0.15) is 0 Å². The first kappa shape index (κ1) is 16.6.